The third-order valence-electron chi connectivity index (χ3n) is 0. The van der Waals surface area contributed by atoms with Gasteiger partial charge in [-0.05, 0) is 0 Å². The van der Waals surface area contributed by atoms with Crippen molar-refractivity contribution in [2.45, 2.75) is 0 Å². The number of hydrogen-bond acceptors (Lipinski definition) is 3. The summed E-state index contributed by atoms with van der Waals surface area (Å²) in [5.74, 6) is 0. The molecule has 0 radical (unpaired) electrons. The summed E-state index contributed by atoms with van der Waals surface area (Å²) in [6.07, 6.45) is 0. The molecule has 0 amide bonds. The van der Waals surface area contributed by atoms with Crippen LogP contribution >= 0.6 is 0 Å². The van der Waals surface area contributed by atoms with Gasteiger partial charge in [0.1, 0.15) is 0 Å². The molecular weight excluding hydrogens is 88.3 g/mol. The Hall–Kier alpha value is 0.606. The van der Waals surface area contributed by atoms with Crippen molar-refractivity contribution in [1.82, 2.24) is 0 Å². The van der Waals surface area contributed by atoms with Gasteiger partial charge in [0.2, 0.25) is 0 Å². The molecule has 5 heteroatoms. The van der Waals surface area contributed by atoms with Crippen LogP contribution in [-0.2, 0) is 0 Å². The Kier molecular flexibility index (Phi) is 10600. The maximum atomic E-state index is 0. The van der Waals surface area contributed by atoms with Crippen LogP contribution in [-0.4, -0.2) is 45.0 Å². The maximum Gasteiger partial charge on any atom is 2.00 e. The summed E-state index contributed by atoms with van der Waals surface area (Å²) in [4.78, 5) is 0. The normalized spacial score (nSPS) is 0. The van der Waals surface area contributed by atoms with Crippen LogP contribution in [0.15, 0.2) is 0 Å². The van der Waals surface area contributed by atoms with E-state index in [0.717, 1.165) is 0 Å². The van der Waals surface area contributed by atoms with Crippen LogP contribution in [0.2, 0.25) is 0 Å². The largest absolute Gasteiger partial charge is 2.00 e. The molecule has 0 saturated carbocycles. The van der Waals surface area contributed by atoms with E-state index >= 15 is 0 Å². The van der Waals surface area contributed by atoms with Gasteiger partial charge in [-0.2, -0.15) is 0 Å². The molecule has 5 heavy (non-hydrogen) atoms. The maximum absolute atomic E-state index is 0. The van der Waals surface area contributed by atoms with E-state index in [1.807, 2.05) is 0 Å². The third-order valence-corrected chi connectivity index (χ3v) is 0. The van der Waals surface area contributed by atoms with Gasteiger partial charge in [0.15, 0.2) is 0 Å². The summed E-state index contributed by atoms with van der Waals surface area (Å²) in [7, 11) is 0. The Bertz CT molecular complexity index is 3.61. The first-order valence-corrected chi connectivity index (χ1v) is 0. The average molecular weight is 93.3 g/mol. The molecule has 0 rings (SSSR count). The molecule has 0 aliphatic carbocycles. The van der Waals surface area contributed by atoms with Gasteiger partial charge in [0.25, 0.3) is 0 Å². The molecule has 0 aliphatic rings. The smallest absolute Gasteiger partial charge is 0.870 e. The topological polar surface area (TPSA) is 122 Å². The molecule has 0 aromatic heterocycles. The summed E-state index contributed by atoms with van der Waals surface area (Å²) >= 11 is 0. The molecule has 0 spiro atoms. The van der Waals surface area contributed by atoms with Crippen LogP contribution in [0.1, 0.15) is 0 Å². The van der Waals surface area contributed by atoms with E-state index in [2.05, 4.69) is 0 Å². The van der Waals surface area contributed by atoms with E-state index in [1.165, 1.54) is 0 Å². The summed E-state index contributed by atoms with van der Waals surface area (Å²) in [5, 5.41) is 0. The van der Waals surface area contributed by atoms with Crippen LogP contribution in [0.4, 0.5) is 0 Å². The van der Waals surface area contributed by atoms with Crippen molar-refractivity contribution >= 4 is 23.1 Å². The SMILES string of the molecule is O.[Mg+2].[OH-].[OH-].[OH-]. The molecule has 0 fully saturated rings. The van der Waals surface area contributed by atoms with Gasteiger partial charge < -0.3 is 21.9 Å². The summed E-state index contributed by atoms with van der Waals surface area (Å²) in [6.45, 7) is 0. The average Bonchev–Trinajstić information content (AvgIpc) is 0. The van der Waals surface area contributed by atoms with Gasteiger partial charge in [0.05, 0.1) is 0 Å². The van der Waals surface area contributed by atoms with Crippen molar-refractivity contribution in [2.75, 3.05) is 0 Å². The quantitative estimate of drug-likeness (QED) is 0.330. The monoisotopic (exact) mass is 93.0 g/mol. The fraction of sp³-hybridized carbons (Fsp3) is 0. The molecule has 0 heterocycles. The molecule has 0 unspecified atom stereocenters. The Morgan fingerprint density at radius 2 is 0.600 bits per heavy atom. The van der Waals surface area contributed by atoms with E-state index in [0.29, 0.717) is 0 Å². The van der Waals surface area contributed by atoms with E-state index in [-0.39, 0.29) is 45.0 Å². The van der Waals surface area contributed by atoms with Crippen molar-refractivity contribution in [3.05, 3.63) is 0 Å². The minimum atomic E-state index is 0. The van der Waals surface area contributed by atoms with Crippen LogP contribution in [0, 0.1) is 0 Å². The molecule has 32 valence electrons. The fourth-order valence-corrected chi connectivity index (χ4v) is 0. The standard InChI is InChI=1S/Mg.4H2O/h;4*1H2/q+2;;;;/p-3. The van der Waals surface area contributed by atoms with Crippen LogP contribution < -0.4 is 0 Å². The minimum absolute atomic E-state index is 0. The molecule has 5 N–H and O–H groups in total. The number of hydrogen-bond donors (Lipinski definition) is 0. The Balaban J connectivity index is 0. The predicted octanol–water partition coefficient (Wildman–Crippen LogP) is -1.74. The number of rotatable bonds is 0. The molecule has 0 aromatic carbocycles. The molecular formula is H5MgO4-. The third kappa shape index (κ3) is 85.1. The Labute approximate surface area is 45.6 Å². The van der Waals surface area contributed by atoms with Gasteiger partial charge in [-0.15, -0.1) is 0 Å². The first-order chi connectivity index (χ1) is 0. The second kappa shape index (κ2) is 163. The Morgan fingerprint density at radius 1 is 0.600 bits per heavy atom. The molecule has 0 aliphatic heterocycles. The van der Waals surface area contributed by atoms with E-state index < -0.39 is 0 Å². The summed E-state index contributed by atoms with van der Waals surface area (Å²) in [6, 6.07) is 0. The molecule has 0 atom stereocenters. The molecule has 0 aromatic rings. The van der Waals surface area contributed by atoms with Crippen molar-refractivity contribution in [3.8, 4) is 0 Å². The van der Waals surface area contributed by atoms with Crippen LogP contribution in [0.3, 0.4) is 0 Å². The predicted molar refractivity (Wildman–Crippen MR) is 15.2 cm³/mol. The summed E-state index contributed by atoms with van der Waals surface area (Å²) < 4.78 is 0. The van der Waals surface area contributed by atoms with Gasteiger partial charge >= 0.3 is 23.1 Å². The first-order valence-electron chi connectivity index (χ1n) is 0. The van der Waals surface area contributed by atoms with Crippen LogP contribution in [0.5, 0.6) is 0 Å². The minimum Gasteiger partial charge on any atom is -0.870 e. The van der Waals surface area contributed by atoms with Crippen molar-refractivity contribution in [1.29, 1.82) is 0 Å². The second-order valence-electron chi connectivity index (χ2n) is 0. The zero-order valence-electron chi connectivity index (χ0n) is 2.55. The van der Waals surface area contributed by atoms with Crippen molar-refractivity contribution < 1.29 is 21.9 Å². The van der Waals surface area contributed by atoms with Gasteiger partial charge in [-0.25, -0.2) is 0 Å². The van der Waals surface area contributed by atoms with E-state index in [9.17, 15) is 0 Å². The second-order valence-corrected chi connectivity index (χ2v) is 0. The molecule has 0 saturated heterocycles. The van der Waals surface area contributed by atoms with Crippen LogP contribution in [0.25, 0.3) is 0 Å². The zero-order chi connectivity index (χ0) is 0. The molecule has 0 bridgehead atoms. The molecule has 4 nitrogen and oxygen atoms in total. The van der Waals surface area contributed by atoms with Gasteiger partial charge in [-0.1, -0.05) is 0 Å². The first kappa shape index (κ1) is 324. The van der Waals surface area contributed by atoms with E-state index in [4.69, 9.17) is 0 Å². The van der Waals surface area contributed by atoms with Crippen molar-refractivity contribution in [2.24, 2.45) is 0 Å². The van der Waals surface area contributed by atoms with E-state index in [1.54, 1.807) is 0 Å². The zero-order valence-corrected chi connectivity index (χ0v) is 3.96. The van der Waals surface area contributed by atoms with Crippen molar-refractivity contribution in [3.63, 3.8) is 0 Å². The Morgan fingerprint density at radius 3 is 0.600 bits per heavy atom. The van der Waals surface area contributed by atoms with Gasteiger partial charge in [-0.3, -0.25) is 0 Å². The summed E-state index contributed by atoms with van der Waals surface area (Å²) in [5.41, 5.74) is 0. The fourth-order valence-electron chi connectivity index (χ4n) is 0. The van der Waals surface area contributed by atoms with Gasteiger partial charge in [0, 0.05) is 0 Å².